The normalized spacial score (nSPS) is 13.5. The summed E-state index contributed by atoms with van der Waals surface area (Å²) < 4.78 is 35.4. The van der Waals surface area contributed by atoms with Gasteiger partial charge in [0.1, 0.15) is 0 Å². The summed E-state index contributed by atoms with van der Waals surface area (Å²) in [5.41, 5.74) is 0. The van der Waals surface area contributed by atoms with Crippen LogP contribution in [0.15, 0.2) is 0 Å². The first-order valence-electron chi connectivity index (χ1n) is 5.92. The van der Waals surface area contributed by atoms with Gasteiger partial charge in [-0.25, -0.2) is 0 Å². The molecule has 102 valence electrons. The Bertz CT molecular complexity index is 219. The van der Waals surface area contributed by atoms with Gasteiger partial charge in [0, 0.05) is 19.0 Å². The number of nitrogens with one attached hydrogen (secondary N) is 2. The van der Waals surface area contributed by atoms with E-state index in [1.165, 1.54) is 0 Å². The zero-order chi connectivity index (χ0) is 13.3. The standard InChI is InChI=1S/C11H21F3N2O/c1-3-9(2)16-8-10(17)15-7-5-4-6-11(12,13)14/h9,16H,3-8H2,1-2H3,(H,15,17). The minimum atomic E-state index is -4.10. The van der Waals surface area contributed by atoms with Gasteiger partial charge in [0.25, 0.3) is 0 Å². The molecule has 0 bridgehead atoms. The minimum Gasteiger partial charge on any atom is -0.355 e. The molecule has 1 atom stereocenters. The summed E-state index contributed by atoms with van der Waals surface area (Å²) in [5.74, 6) is -0.169. The van der Waals surface area contributed by atoms with Crippen LogP contribution in [0.4, 0.5) is 13.2 Å². The minimum absolute atomic E-state index is 0.0581. The fraction of sp³-hybridized carbons (Fsp3) is 0.909. The molecule has 0 saturated heterocycles. The average Bonchev–Trinajstić information content (AvgIpc) is 2.23. The van der Waals surface area contributed by atoms with Gasteiger partial charge in [0.15, 0.2) is 0 Å². The van der Waals surface area contributed by atoms with Gasteiger partial charge in [0.05, 0.1) is 6.54 Å². The fourth-order valence-electron chi connectivity index (χ4n) is 1.15. The van der Waals surface area contributed by atoms with Crippen LogP contribution in [-0.4, -0.2) is 31.2 Å². The highest BCUT2D eigenvalue weighted by Gasteiger charge is 2.25. The molecule has 0 aromatic rings. The Hall–Kier alpha value is -0.780. The topological polar surface area (TPSA) is 41.1 Å². The second-order valence-electron chi connectivity index (χ2n) is 4.11. The third kappa shape index (κ3) is 11.5. The molecule has 17 heavy (non-hydrogen) atoms. The van der Waals surface area contributed by atoms with Crippen molar-refractivity contribution in [2.24, 2.45) is 0 Å². The van der Waals surface area contributed by atoms with Crippen LogP contribution in [0.3, 0.4) is 0 Å². The van der Waals surface area contributed by atoms with Crippen molar-refractivity contribution in [3.63, 3.8) is 0 Å². The van der Waals surface area contributed by atoms with Crippen molar-refractivity contribution < 1.29 is 18.0 Å². The highest BCUT2D eigenvalue weighted by Crippen LogP contribution is 2.21. The number of unbranched alkanes of at least 4 members (excludes halogenated alkanes) is 1. The fourth-order valence-corrected chi connectivity index (χ4v) is 1.15. The largest absolute Gasteiger partial charge is 0.389 e. The summed E-state index contributed by atoms with van der Waals surface area (Å²) in [4.78, 5) is 11.2. The molecule has 0 saturated carbocycles. The summed E-state index contributed by atoms with van der Waals surface area (Å²) in [6.07, 6.45) is -3.54. The van der Waals surface area contributed by atoms with Gasteiger partial charge in [-0.3, -0.25) is 4.79 Å². The van der Waals surface area contributed by atoms with Crippen LogP contribution in [-0.2, 0) is 4.79 Å². The lowest BCUT2D eigenvalue weighted by atomic mass is 10.2. The molecule has 0 rings (SSSR count). The number of halogens is 3. The number of carbonyl (C=O) groups excluding carboxylic acids is 1. The molecule has 0 aromatic heterocycles. The van der Waals surface area contributed by atoms with E-state index in [0.29, 0.717) is 13.0 Å². The molecular weight excluding hydrogens is 233 g/mol. The first kappa shape index (κ1) is 16.2. The van der Waals surface area contributed by atoms with Crippen LogP contribution in [0.2, 0.25) is 0 Å². The van der Waals surface area contributed by atoms with Gasteiger partial charge in [-0.2, -0.15) is 13.2 Å². The molecule has 0 aliphatic heterocycles. The molecule has 3 nitrogen and oxygen atoms in total. The molecule has 0 aliphatic rings. The monoisotopic (exact) mass is 254 g/mol. The zero-order valence-electron chi connectivity index (χ0n) is 10.4. The van der Waals surface area contributed by atoms with Crippen molar-refractivity contribution in [1.29, 1.82) is 0 Å². The van der Waals surface area contributed by atoms with Crippen LogP contribution in [0, 0.1) is 0 Å². The second kappa shape index (κ2) is 8.33. The van der Waals surface area contributed by atoms with E-state index in [1.807, 2.05) is 13.8 Å². The van der Waals surface area contributed by atoms with Crippen LogP contribution in [0.25, 0.3) is 0 Å². The predicted molar refractivity (Wildman–Crippen MR) is 60.7 cm³/mol. The lowest BCUT2D eigenvalue weighted by Crippen LogP contribution is -2.38. The molecule has 0 radical (unpaired) electrons. The van der Waals surface area contributed by atoms with Crippen LogP contribution in [0.5, 0.6) is 0 Å². The Morgan fingerprint density at radius 3 is 2.47 bits per heavy atom. The smallest absolute Gasteiger partial charge is 0.355 e. The average molecular weight is 254 g/mol. The van der Waals surface area contributed by atoms with E-state index in [4.69, 9.17) is 0 Å². The maximum atomic E-state index is 11.8. The Labute approximate surface area is 100 Å². The van der Waals surface area contributed by atoms with Gasteiger partial charge in [-0.1, -0.05) is 6.92 Å². The number of hydrogen-bond donors (Lipinski definition) is 2. The third-order valence-corrected chi connectivity index (χ3v) is 2.43. The lowest BCUT2D eigenvalue weighted by molar-refractivity contribution is -0.135. The molecule has 0 spiro atoms. The van der Waals surface area contributed by atoms with Gasteiger partial charge < -0.3 is 10.6 Å². The van der Waals surface area contributed by atoms with Crippen molar-refractivity contribution in [3.8, 4) is 0 Å². The van der Waals surface area contributed by atoms with Crippen molar-refractivity contribution in [2.45, 2.75) is 51.7 Å². The molecule has 1 amide bonds. The zero-order valence-corrected chi connectivity index (χ0v) is 10.4. The van der Waals surface area contributed by atoms with E-state index < -0.39 is 12.6 Å². The Balaban J connectivity index is 3.40. The number of amides is 1. The first-order valence-corrected chi connectivity index (χ1v) is 5.92. The van der Waals surface area contributed by atoms with E-state index in [0.717, 1.165) is 6.42 Å². The Kier molecular flexibility index (Phi) is 7.95. The number of alkyl halides is 3. The highest BCUT2D eigenvalue weighted by atomic mass is 19.4. The number of carbonyl (C=O) groups is 1. The summed E-state index contributed by atoms with van der Waals surface area (Å²) >= 11 is 0. The van der Waals surface area contributed by atoms with Crippen molar-refractivity contribution in [2.75, 3.05) is 13.1 Å². The third-order valence-electron chi connectivity index (χ3n) is 2.43. The molecule has 2 N–H and O–H groups in total. The Morgan fingerprint density at radius 1 is 1.29 bits per heavy atom. The van der Waals surface area contributed by atoms with Crippen molar-refractivity contribution in [1.82, 2.24) is 10.6 Å². The maximum Gasteiger partial charge on any atom is 0.389 e. The van der Waals surface area contributed by atoms with E-state index in [1.54, 1.807) is 0 Å². The lowest BCUT2D eigenvalue weighted by Gasteiger charge is -2.11. The van der Waals surface area contributed by atoms with Crippen LogP contribution in [0.1, 0.15) is 39.5 Å². The molecule has 0 aromatic carbocycles. The summed E-state index contributed by atoms with van der Waals surface area (Å²) in [6, 6.07) is 0.269. The second-order valence-corrected chi connectivity index (χ2v) is 4.11. The Morgan fingerprint density at radius 2 is 1.94 bits per heavy atom. The van der Waals surface area contributed by atoms with Gasteiger partial charge >= 0.3 is 6.18 Å². The maximum absolute atomic E-state index is 11.8. The van der Waals surface area contributed by atoms with Crippen molar-refractivity contribution in [3.05, 3.63) is 0 Å². The SMILES string of the molecule is CCC(C)NCC(=O)NCCCCC(F)(F)F. The molecule has 0 heterocycles. The number of hydrogen-bond acceptors (Lipinski definition) is 2. The summed E-state index contributed by atoms with van der Waals surface area (Å²) in [6.45, 7) is 4.49. The molecule has 0 aliphatic carbocycles. The van der Waals surface area contributed by atoms with Gasteiger partial charge in [-0.15, -0.1) is 0 Å². The molecular formula is C11H21F3N2O. The highest BCUT2D eigenvalue weighted by molar-refractivity contribution is 5.77. The summed E-state index contributed by atoms with van der Waals surface area (Å²) in [5, 5.41) is 5.58. The van der Waals surface area contributed by atoms with E-state index in [2.05, 4.69) is 10.6 Å². The number of rotatable bonds is 8. The van der Waals surface area contributed by atoms with Crippen LogP contribution < -0.4 is 10.6 Å². The molecule has 1 unspecified atom stereocenters. The van der Waals surface area contributed by atoms with Gasteiger partial charge in [0.2, 0.25) is 5.91 Å². The van der Waals surface area contributed by atoms with E-state index in [-0.39, 0.29) is 24.9 Å². The predicted octanol–water partition coefficient (Wildman–Crippen LogP) is 2.22. The molecule has 0 fully saturated rings. The van der Waals surface area contributed by atoms with E-state index in [9.17, 15) is 18.0 Å². The van der Waals surface area contributed by atoms with Gasteiger partial charge in [-0.05, 0) is 26.2 Å². The van der Waals surface area contributed by atoms with Crippen LogP contribution >= 0.6 is 0 Å². The van der Waals surface area contributed by atoms with Crippen molar-refractivity contribution >= 4 is 5.91 Å². The van der Waals surface area contributed by atoms with E-state index >= 15 is 0 Å². The quantitative estimate of drug-likeness (QED) is 0.652. The first-order chi connectivity index (χ1) is 7.85. The molecule has 6 heteroatoms. The summed E-state index contributed by atoms with van der Waals surface area (Å²) in [7, 11) is 0.